The van der Waals surface area contributed by atoms with E-state index in [1.165, 1.54) is 64.6 Å². The summed E-state index contributed by atoms with van der Waals surface area (Å²) in [6.45, 7) is 15.1. The molecule has 1 nitrogen and oxygen atoms in total. The Balaban J connectivity index is 0. The smallest absolute Gasteiger partial charge is 0.00188 e. The first-order chi connectivity index (χ1) is 7.76. The standard InChI is InChI=1S/C10H23N.C5H12/c1-4-7-10-11(8-5-2)9-6-3;1-3-5-4-2/h4-10H2,1-3H3;3-5H2,1-2H3. The van der Waals surface area contributed by atoms with Crippen LogP contribution in [0.2, 0.25) is 0 Å². The highest BCUT2D eigenvalue weighted by Crippen LogP contribution is 1.97. The van der Waals surface area contributed by atoms with Crippen molar-refractivity contribution in [3.05, 3.63) is 0 Å². The minimum Gasteiger partial charge on any atom is -0.303 e. The van der Waals surface area contributed by atoms with E-state index < -0.39 is 0 Å². The topological polar surface area (TPSA) is 3.24 Å². The lowest BCUT2D eigenvalue weighted by atomic mass is 10.3. The van der Waals surface area contributed by atoms with E-state index in [0.717, 1.165) is 0 Å². The summed E-state index contributed by atoms with van der Waals surface area (Å²) in [4.78, 5) is 2.57. The van der Waals surface area contributed by atoms with Crippen LogP contribution in [0.15, 0.2) is 0 Å². The molecule has 0 radical (unpaired) electrons. The Morgan fingerprint density at radius 2 is 0.938 bits per heavy atom. The van der Waals surface area contributed by atoms with Crippen molar-refractivity contribution in [3.8, 4) is 0 Å². The maximum Gasteiger partial charge on any atom is -0.00188 e. The largest absolute Gasteiger partial charge is 0.303 e. The van der Waals surface area contributed by atoms with Crippen molar-refractivity contribution in [3.63, 3.8) is 0 Å². The van der Waals surface area contributed by atoms with Crippen LogP contribution in [0.1, 0.15) is 79.6 Å². The van der Waals surface area contributed by atoms with Gasteiger partial charge in [-0.2, -0.15) is 0 Å². The fourth-order valence-corrected chi connectivity index (χ4v) is 1.70. The molecule has 0 amide bonds. The Morgan fingerprint density at radius 1 is 0.500 bits per heavy atom. The molecule has 0 aromatic carbocycles. The maximum absolute atomic E-state index is 2.57. The molecule has 0 aliphatic carbocycles. The molecule has 0 rings (SSSR count). The molecular formula is C15H35N. The molecule has 0 saturated heterocycles. The zero-order chi connectivity index (χ0) is 12.6. The second-order valence-corrected chi connectivity index (χ2v) is 4.55. The van der Waals surface area contributed by atoms with E-state index in [9.17, 15) is 0 Å². The van der Waals surface area contributed by atoms with Crippen LogP contribution in [-0.4, -0.2) is 24.5 Å². The lowest BCUT2D eigenvalue weighted by molar-refractivity contribution is 0.270. The molecule has 0 aliphatic rings. The van der Waals surface area contributed by atoms with Crippen molar-refractivity contribution in [2.24, 2.45) is 0 Å². The SMILES string of the molecule is CCCCC.CCCCN(CCC)CCC. The molecule has 100 valence electrons. The summed E-state index contributed by atoms with van der Waals surface area (Å²) < 4.78 is 0. The third-order valence-electron chi connectivity index (χ3n) is 2.61. The van der Waals surface area contributed by atoms with Gasteiger partial charge in [-0.15, -0.1) is 0 Å². The zero-order valence-corrected chi connectivity index (χ0v) is 12.5. The van der Waals surface area contributed by atoms with Gasteiger partial charge in [0.15, 0.2) is 0 Å². The highest BCUT2D eigenvalue weighted by molar-refractivity contribution is 4.54. The van der Waals surface area contributed by atoms with Gasteiger partial charge in [-0.3, -0.25) is 0 Å². The van der Waals surface area contributed by atoms with Gasteiger partial charge in [0, 0.05) is 0 Å². The Morgan fingerprint density at radius 3 is 1.19 bits per heavy atom. The lowest BCUT2D eigenvalue weighted by Crippen LogP contribution is -2.26. The fourth-order valence-electron chi connectivity index (χ4n) is 1.70. The summed E-state index contributed by atoms with van der Waals surface area (Å²) in [6.07, 6.45) is 9.35. The van der Waals surface area contributed by atoms with Gasteiger partial charge in [-0.25, -0.2) is 0 Å². The second kappa shape index (κ2) is 17.4. The minimum absolute atomic E-state index is 1.29. The average Bonchev–Trinajstić information content (AvgIpc) is 2.28. The van der Waals surface area contributed by atoms with E-state index in [1.807, 2.05) is 0 Å². The van der Waals surface area contributed by atoms with Crippen molar-refractivity contribution in [2.45, 2.75) is 79.6 Å². The molecule has 0 aliphatic heterocycles. The van der Waals surface area contributed by atoms with Crippen LogP contribution >= 0.6 is 0 Å². The molecule has 0 aromatic rings. The van der Waals surface area contributed by atoms with Crippen LogP contribution in [0.4, 0.5) is 0 Å². The van der Waals surface area contributed by atoms with Crippen LogP contribution in [-0.2, 0) is 0 Å². The third-order valence-corrected chi connectivity index (χ3v) is 2.61. The molecular weight excluding hydrogens is 194 g/mol. The lowest BCUT2D eigenvalue weighted by Gasteiger charge is -2.20. The number of hydrogen-bond acceptors (Lipinski definition) is 1. The molecule has 16 heavy (non-hydrogen) atoms. The maximum atomic E-state index is 2.57. The Kier molecular flexibility index (Phi) is 19.9. The van der Waals surface area contributed by atoms with E-state index in [-0.39, 0.29) is 0 Å². The number of rotatable bonds is 9. The molecule has 0 heterocycles. The van der Waals surface area contributed by atoms with Crippen molar-refractivity contribution in [1.82, 2.24) is 4.90 Å². The van der Waals surface area contributed by atoms with Gasteiger partial charge >= 0.3 is 0 Å². The van der Waals surface area contributed by atoms with Crippen LogP contribution in [0.5, 0.6) is 0 Å². The van der Waals surface area contributed by atoms with Gasteiger partial charge < -0.3 is 4.90 Å². The van der Waals surface area contributed by atoms with Gasteiger partial charge in [0.1, 0.15) is 0 Å². The highest BCUT2D eigenvalue weighted by atomic mass is 15.1. The number of hydrogen-bond donors (Lipinski definition) is 0. The highest BCUT2D eigenvalue weighted by Gasteiger charge is 1.99. The van der Waals surface area contributed by atoms with Crippen LogP contribution in [0.3, 0.4) is 0 Å². The molecule has 1 heteroatoms. The summed E-state index contributed by atoms with van der Waals surface area (Å²) in [5.74, 6) is 0. The molecule has 0 fully saturated rings. The number of unbranched alkanes of at least 4 members (excludes halogenated alkanes) is 3. The van der Waals surface area contributed by atoms with Gasteiger partial charge in [0.2, 0.25) is 0 Å². The first-order valence-corrected chi connectivity index (χ1v) is 7.48. The van der Waals surface area contributed by atoms with Crippen molar-refractivity contribution < 1.29 is 0 Å². The Labute approximate surface area is 105 Å². The zero-order valence-electron chi connectivity index (χ0n) is 12.5. The average molecular weight is 229 g/mol. The molecule has 0 aromatic heterocycles. The summed E-state index contributed by atoms with van der Waals surface area (Å²) >= 11 is 0. The van der Waals surface area contributed by atoms with E-state index >= 15 is 0 Å². The number of nitrogens with zero attached hydrogens (tertiary/aromatic N) is 1. The molecule has 0 N–H and O–H groups in total. The predicted molar refractivity (Wildman–Crippen MR) is 77.1 cm³/mol. The Bertz CT molecular complexity index is 93.6. The predicted octanol–water partition coefficient (Wildman–Crippen LogP) is 5.11. The van der Waals surface area contributed by atoms with Crippen molar-refractivity contribution in [1.29, 1.82) is 0 Å². The Hall–Kier alpha value is -0.0400. The van der Waals surface area contributed by atoms with E-state index in [4.69, 9.17) is 0 Å². The van der Waals surface area contributed by atoms with E-state index in [1.54, 1.807) is 0 Å². The van der Waals surface area contributed by atoms with Gasteiger partial charge in [-0.1, -0.05) is 60.3 Å². The van der Waals surface area contributed by atoms with E-state index in [2.05, 4.69) is 39.5 Å². The molecule has 0 spiro atoms. The molecule has 0 unspecified atom stereocenters. The monoisotopic (exact) mass is 229 g/mol. The van der Waals surface area contributed by atoms with Crippen LogP contribution in [0, 0.1) is 0 Å². The summed E-state index contributed by atoms with van der Waals surface area (Å²) in [5, 5.41) is 0. The van der Waals surface area contributed by atoms with E-state index in [0.29, 0.717) is 0 Å². The van der Waals surface area contributed by atoms with Crippen LogP contribution < -0.4 is 0 Å². The fraction of sp³-hybridized carbons (Fsp3) is 1.00. The minimum atomic E-state index is 1.29. The van der Waals surface area contributed by atoms with Crippen LogP contribution in [0.25, 0.3) is 0 Å². The van der Waals surface area contributed by atoms with Crippen molar-refractivity contribution in [2.75, 3.05) is 19.6 Å². The summed E-state index contributed by atoms with van der Waals surface area (Å²) in [6, 6.07) is 0. The van der Waals surface area contributed by atoms with Gasteiger partial charge in [0.05, 0.1) is 0 Å². The molecule has 0 bridgehead atoms. The molecule has 0 saturated carbocycles. The van der Waals surface area contributed by atoms with Crippen molar-refractivity contribution >= 4 is 0 Å². The summed E-state index contributed by atoms with van der Waals surface area (Å²) in [7, 11) is 0. The first-order valence-electron chi connectivity index (χ1n) is 7.48. The summed E-state index contributed by atoms with van der Waals surface area (Å²) in [5.41, 5.74) is 0. The normalized spacial score (nSPS) is 10.1. The van der Waals surface area contributed by atoms with Gasteiger partial charge in [0.25, 0.3) is 0 Å². The quantitative estimate of drug-likeness (QED) is 0.531. The second-order valence-electron chi connectivity index (χ2n) is 4.55. The third kappa shape index (κ3) is 16.4. The van der Waals surface area contributed by atoms with Gasteiger partial charge in [-0.05, 0) is 38.9 Å². The molecule has 0 atom stereocenters. The first kappa shape index (κ1) is 18.3.